The van der Waals surface area contributed by atoms with Crippen LogP contribution in [0, 0.1) is 0 Å². The monoisotopic (exact) mass is 1420 g/mol. The van der Waals surface area contributed by atoms with Crippen molar-refractivity contribution < 1.29 is 98.7 Å². The minimum Gasteiger partial charge on any atom is -0.481 e. The summed E-state index contributed by atoms with van der Waals surface area (Å²) in [5.41, 5.74) is 4.30. The summed E-state index contributed by atoms with van der Waals surface area (Å²) in [5, 5.41) is 94.9. The maximum atomic E-state index is 13.1. The molecule has 0 aliphatic carbocycles. The van der Waals surface area contributed by atoms with Crippen molar-refractivity contribution in [3.05, 3.63) is 36.4 Å². The minimum atomic E-state index is -1.44. The molecule has 3 aromatic heterocycles. The van der Waals surface area contributed by atoms with Gasteiger partial charge in [-0.3, -0.25) is 73.2 Å². The lowest BCUT2D eigenvalue weighted by molar-refractivity contribution is -0.141. The van der Waals surface area contributed by atoms with Crippen molar-refractivity contribution in [2.75, 3.05) is 127 Å². The highest BCUT2D eigenvalue weighted by Crippen LogP contribution is 2.21. The number of amides is 3. The van der Waals surface area contributed by atoms with E-state index < -0.39 is 116 Å². The third-order valence-electron chi connectivity index (χ3n) is 16.6. The molecule has 1 saturated heterocycles. The Bertz CT molecular complexity index is 3060. The van der Waals surface area contributed by atoms with Gasteiger partial charge in [0.05, 0.1) is 39.3 Å². The highest BCUT2D eigenvalue weighted by atomic mass is 16.4. The number of carboxylic acid groups (broad SMARTS) is 9. The van der Waals surface area contributed by atoms with E-state index in [2.05, 4.69) is 46.7 Å². The third-order valence-corrected chi connectivity index (χ3v) is 16.6. The molecule has 1 fully saturated rings. The van der Waals surface area contributed by atoms with Crippen LogP contribution in [0.3, 0.4) is 0 Å². The first-order valence-electron chi connectivity index (χ1n) is 33.2. The Kier molecular flexibility index (Phi) is 37.0. The summed E-state index contributed by atoms with van der Waals surface area (Å²) in [6.45, 7) is 5.74. The quantitative estimate of drug-likeness (QED) is 0.0257. The van der Waals surface area contributed by atoms with Crippen LogP contribution in [0.15, 0.2) is 24.8 Å². The number of carbonyl (C=O) groups excluding carboxylic acids is 2. The molecule has 1 unspecified atom stereocenters. The molecule has 0 saturated carbocycles. The summed E-state index contributed by atoms with van der Waals surface area (Å²) in [6.07, 6.45) is 13.4. The highest BCUT2D eigenvalue weighted by molar-refractivity contribution is 5.85. The molecule has 1 aliphatic heterocycles. The van der Waals surface area contributed by atoms with Gasteiger partial charge in [0.25, 0.3) is 0 Å². The standard InChI is InChI=1S/C61H99N19O20/c1-42(43(2)78(39-53(90)91)33-30-75(38-52(88)89)27-26-74(37-51(86)87)25-24-72(3)36-50(84)85)64-58-67-59(65-44(56(96)97)14-11-13-21-76(34-46-62-18-22-79(46)40-54(92)93)35-47-63-19-23-80(47)41-55(94)95)69-60(68-58)77-31-28-73(29-32-77)20-12-9-7-5-4-6-8-10-15-48(81)70-71-61(100)66-45(57(98)99)16-17-49(82)83/h18-19,22-23,42-45H,4-17,20-21,24-41H2,1-3H3,(H,70,81)(H,82,83)(H,84,85)(H,86,87)(H,88,89)(H,90,91)(H,92,93)(H,94,95)(H,96,97)(H,98,99)(H2,66,71,100)(H2,64,65,67,68,69)/t42?,43-,44+,45+/m1/s1. The van der Waals surface area contributed by atoms with Crippen molar-refractivity contribution >= 4 is 83.5 Å². The van der Waals surface area contributed by atoms with Crippen molar-refractivity contribution in [3.63, 3.8) is 0 Å². The van der Waals surface area contributed by atoms with Crippen LogP contribution < -0.4 is 31.7 Å². The Hall–Kier alpha value is -9.44. The fraction of sp³-hybridized carbons (Fsp3) is 0.672. The van der Waals surface area contributed by atoms with Crippen LogP contribution in [0.4, 0.5) is 22.6 Å². The smallest absolute Gasteiger partial charge is 0.334 e. The van der Waals surface area contributed by atoms with Crippen molar-refractivity contribution in [1.29, 1.82) is 0 Å². The largest absolute Gasteiger partial charge is 0.481 e. The molecule has 100 heavy (non-hydrogen) atoms. The van der Waals surface area contributed by atoms with E-state index >= 15 is 0 Å². The number of hydrogen-bond donors (Lipinski definition) is 14. The van der Waals surface area contributed by atoms with Crippen molar-refractivity contribution in [2.45, 2.75) is 154 Å². The number of nitrogens with zero attached hydrogens (tertiary/aromatic N) is 14. The zero-order valence-corrected chi connectivity index (χ0v) is 56.9. The Balaban J connectivity index is 1.43. The molecular formula is C61H99N19O20. The van der Waals surface area contributed by atoms with Crippen molar-refractivity contribution in [1.82, 2.24) is 79.6 Å². The number of piperazine rings is 1. The molecule has 39 heteroatoms. The lowest BCUT2D eigenvalue weighted by Gasteiger charge is -2.35. The van der Waals surface area contributed by atoms with Crippen LogP contribution in [-0.2, 0) is 74.1 Å². The molecule has 4 heterocycles. The topological polar surface area (TPSA) is 527 Å². The number of aromatic nitrogens is 7. The molecule has 3 aromatic rings. The average molecular weight is 1420 g/mol. The molecule has 39 nitrogen and oxygen atoms in total. The van der Waals surface area contributed by atoms with Gasteiger partial charge in [0, 0.05) is 115 Å². The number of hydrazine groups is 1. The SMILES string of the molecule is CC(Nc1nc(N[C@@H](CCCCN(Cc2nccn2CC(=O)O)Cc2nccn2CC(=O)O)C(=O)O)nc(N2CCN(CCCCCCCCCCC(=O)NNC(=O)N[C@@H](CCC(=O)O)C(=O)O)CC2)n1)[C@@H](C)N(CCN(CCN(CCN(C)CC(=O)O)CC(=O)O)CC(=O)O)CC(=O)O. The van der Waals surface area contributed by atoms with E-state index in [1.54, 1.807) is 35.6 Å². The number of unbranched alkanes of at least 4 members (excludes halogenated alkanes) is 8. The molecule has 14 N–H and O–H groups in total. The number of anilines is 3. The predicted molar refractivity (Wildman–Crippen MR) is 356 cm³/mol. The molecule has 4 rings (SSSR count). The summed E-state index contributed by atoms with van der Waals surface area (Å²) < 4.78 is 2.96. The van der Waals surface area contributed by atoms with E-state index in [0.717, 1.165) is 51.5 Å². The molecule has 0 radical (unpaired) electrons. The maximum absolute atomic E-state index is 13.1. The molecule has 1 aliphatic rings. The van der Waals surface area contributed by atoms with Gasteiger partial charge in [-0.1, -0.05) is 38.5 Å². The molecule has 4 atom stereocenters. The molecule has 3 amide bonds. The van der Waals surface area contributed by atoms with Gasteiger partial charge in [-0.25, -0.2) is 29.8 Å². The Morgan fingerprint density at radius 2 is 1.00 bits per heavy atom. The van der Waals surface area contributed by atoms with Gasteiger partial charge in [0.15, 0.2) is 0 Å². The normalized spacial score (nSPS) is 13.8. The van der Waals surface area contributed by atoms with Crippen LogP contribution >= 0.6 is 0 Å². The summed E-state index contributed by atoms with van der Waals surface area (Å²) in [4.78, 5) is 165. The second-order valence-corrected chi connectivity index (χ2v) is 24.6. The van der Waals surface area contributed by atoms with Crippen LogP contribution in [-0.4, -0.2) is 311 Å². The lowest BCUT2D eigenvalue weighted by Crippen LogP contribution is -2.51. The van der Waals surface area contributed by atoms with Crippen LogP contribution in [0.2, 0.25) is 0 Å². The van der Waals surface area contributed by atoms with Gasteiger partial charge in [-0.2, -0.15) is 15.0 Å². The summed E-state index contributed by atoms with van der Waals surface area (Å²) in [7, 11) is 1.57. The van der Waals surface area contributed by atoms with Crippen LogP contribution in [0.5, 0.6) is 0 Å². The van der Waals surface area contributed by atoms with Crippen LogP contribution in [0.1, 0.15) is 115 Å². The zero-order chi connectivity index (χ0) is 73.7. The molecule has 0 aromatic carbocycles. The molecular weight excluding hydrogens is 1320 g/mol. The number of rotatable bonds is 54. The number of imidazole rings is 2. The van der Waals surface area contributed by atoms with Crippen molar-refractivity contribution in [3.8, 4) is 0 Å². The summed E-state index contributed by atoms with van der Waals surface area (Å²) >= 11 is 0. The molecule has 0 bridgehead atoms. The predicted octanol–water partition coefficient (Wildman–Crippen LogP) is -0.182. The number of aliphatic carboxylic acids is 9. The number of hydrogen-bond acceptors (Lipinski definition) is 25. The fourth-order valence-electron chi connectivity index (χ4n) is 11.0. The maximum Gasteiger partial charge on any atom is 0.334 e. The first-order chi connectivity index (χ1) is 47.5. The van der Waals surface area contributed by atoms with Crippen molar-refractivity contribution in [2.24, 2.45) is 0 Å². The summed E-state index contributed by atoms with van der Waals surface area (Å²) in [6, 6.07) is -4.86. The van der Waals surface area contributed by atoms with Gasteiger partial charge >= 0.3 is 59.8 Å². The first-order valence-corrected chi connectivity index (χ1v) is 33.2. The molecule has 0 spiro atoms. The van der Waals surface area contributed by atoms with Gasteiger partial charge in [-0.15, -0.1) is 0 Å². The van der Waals surface area contributed by atoms with Gasteiger partial charge < -0.3 is 75.9 Å². The average Bonchev–Trinajstić information content (AvgIpc) is 0.939. The van der Waals surface area contributed by atoms with E-state index in [0.29, 0.717) is 63.6 Å². The second-order valence-electron chi connectivity index (χ2n) is 24.6. The molecule has 558 valence electrons. The Morgan fingerprint density at radius 1 is 0.490 bits per heavy atom. The number of likely N-dealkylation sites (N-methyl/N-ethyl adjacent to an activating group) is 1. The minimum absolute atomic E-state index is 0.0403. The Morgan fingerprint density at radius 3 is 1.52 bits per heavy atom. The van der Waals surface area contributed by atoms with Crippen LogP contribution in [0.25, 0.3) is 0 Å². The lowest BCUT2D eigenvalue weighted by atomic mass is 10.1. The van der Waals surface area contributed by atoms with Gasteiger partial charge in [-0.05, 0) is 72.5 Å². The fourth-order valence-corrected chi connectivity index (χ4v) is 11.0. The first kappa shape index (κ1) is 83.0. The number of carbonyl (C=O) groups is 11. The second kappa shape index (κ2) is 44.6. The van der Waals surface area contributed by atoms with E-state index in [4.69, 9.17) is 15.1 Å². The van der Waals surface area contributed by atoms with E-state index in [1.165, 1.54) is 38.8 Å². The number of carboxylic acids is 9. The zero-order valence-electron chi connectivity index (χ0n) is 56.9. The van der Waals surface area contributed by atoms with Gasteiger partial charge in [0.1, 0.15) is 36.8 Å². The van der Waals surface area contributed by atoms with Gasteiger partial charge in [0.2, 0.25) is 23.8 Å². The highest BCUT2D eigenvalue weighted by Gasteiger charge is 2.29. The van der Waals surface area contributed by atoms with E-state index in [1.807, 2.05) is 9.80 Å². The number of nitrogens with one attached hydrogen (secondary N) is 5. The van der Waals surface area contributed by atoms with E-state index in [-0.39, 0.29) is 109 Å². The third kappa shape index (κ3) is 33.9. The summed E-state index contributed by atoms with van der Waals surface area (Å²) in [5.74, 6) is -9.91. The van der Waals surface area contributed by atoms with E-state index in [9.17, 15) is 93.6 Å². The number of urea groups is 1. The Labute approximate surface area is 577 Å².